The molecule has 1 N–H and O–H groups in total. The molecule has 1 aromatic heterocycles. The van der Waals surface area contributed by atoms with Gasteiger partial charge in [-0.3, -0.25) is 14.7 Å². The zero-order valence-corrected chi connectivity index (χ0v) is 19.5. The molecule has 0 aliphatic carbocycles. The first kappa shape index (κ1) is 22.5. The Morgan fingerprint density at radius 2 is 1.75 bits per heavy atom. The molecule has 32 heavy (non-hydrogen) atoms. The van der Waals surface area contributed by atoms with Crippen LogP contribution in [-0.4, -0.2) is 28.9 Å². The first-order chi connectivity index (χ1) is 15.5. The van der Waals surface area contributed by atoms with Crippen molar-refractivity contribution in [2.75, 3.05) is 13.1 Å². The Morgan fingerprint density at radius 3 is 2.47 bits per heavy atom. The van der Waals surface area contributed by atoms with Gasteiger partial charge >= 0.3 is 0 Å². The van der Waals surface area contributed by atoms with Gasteiger partial charge in [-0.15, -0.1) is 0 Å². The van der Waals surface area contributed by atoms with Gasteiger partial charge in [-0.1, -0.05) is 48.0 Å². The molecular weight excluding hydrogens is 418 g/mol. The first-order valence-corrected chi connectivity index (χ1v) is 11.6. The summed E-state index contributed by atoms with van der Waals surface area (Å²) in [7, 11) is 0. The number of halogens is 1. The minimum atomic E-state index is -0.0423. The lowest BCUT2D eigenvalue weighted by molar-refractivity contribution is 0.0948. The van der Waals surface area contributed by atoms with Crippen LogP contribution < -0.4 is 5.32 Å². The Bertz CT molecular complexity index is 1070. The number of amides is 1. The predicted molar refractivity (Wildman–Crippen MR) is 130 cm³/mol. The molecule has 1 aliphatic heterocycles. The SMILES string of the molecule is Cc1ccc(C(=O)NCc2ccccc2C)c(C2CCN(Cc3ccc(Cl)cc3)CC2)n1. The number of aryl methyl sites for hydroxylation is 2. The van der Waals surface area contributed by atoms with Gasteiger partial charge in [0.2, 0.25) is 0 Å². The van der Waals surface area contributed by atoms with Gasteiger partial charge in [0, 0.05) is 29.7 Å². The summed E-state index contributed by atoms with van der Waals surface area (Å²) in [5.41, 5.74) is 6.21. The largest absolute Gasteiger partial charge is 0.348 e. The van der Waals surface area contributed by atoms with E-state index in [0.29, 0.717) is 18.0 Å². The van der Waals surface area contributed by atoms with Crippen LogP contribution in [0.25, 0.3) is 0 Å². The van der Waals surface area contributed by atoms with Gasteiger partial charge in [0.15, 0.2) is 0 Å². The Hall–Kier alpha value is -2.69. The fraction of sp³-hybridized carbons (Fsp3) is 0.333. The van der Waals surface area contributed by atoms with E-state index in [0.717, 1.165) is 54.4 Å². The number of aromatic nitrogens is 1. The summed E-state index contributed by atoms with van der Waals surface area (Å²) in [4.78, 5) is 20.3. The molecule has 0 bridgehead atoms. The molecule has 166 valence electrons. The summed E-state index contributed by atoms with van der Waals surface area (Å²) in [5.74, 6) is 0.259. The lowest BCUT2D eigenvalue weighted by atomic mass is 9.89. The van der Waals surface area contributed by atoms with Crippen molar-refractivity contribution in [1.82, 2.24) is 15.2 Å². The van der Waals surface area contributed by atoms with Crippen molar-refractivity contribution >= 4 is 17.5 Å². The van der Waals surface area contributed by atoms with Gasteiger partial charge in [-0.05, 0) is 80.7 Å². The van der Waals surface area contributed by atoms with Crippen LogP contribution >= 0.6 is 11.6 Å². The molecule has 0 atom stereocenters. The molecule has 0 radical (unpaired) electrons. The molecule has 1 aliphatic rings. The van der Waals surface area contributed by atoms with Crippen molar-refractivity contribution in [2.45, 2.75) is 45.7 Å². The predicted octanol–water partition coefficient (Wildman–Crippen LogP) is 5.66. The van der Waals surface area contributed by atoms with Crippen LogP contribution in [0, 0.1) is 13.8 Å². The van der Waals surface area contributed by atoms with Gasteiger partial charge < -0.3 is 5.32 Å². The number of benzene rings is 2. The molecule has 2 heterocycles. The van der Waals surface area contributed by atoms with Crippen LogP contribution in [0.4, 0.5) is 0 Å². The van der Waals surface area contributed by atoms with E-state index in [1.807, 2.05) is 43.3 Å². The number of likely N-dealkylation sites (tertiary alicyclic amines) is 1. The number of carbonyl (C=O) groups is 1. The van der Waals surface area contributed by atoms with Crippen molar-refractivity contribution in [3.05, 3.63) is 99.3 Å². The standard InChI is InChI=1S/C27H30ClN3O/c1-19-5-3-4-6-23(19)17-29-27(32)25-12-7-20(2)30-26(25)22-13-15-31(16-14-22)18-21-8-10-24(28)11-9-21/h3-12,22H,13-18H2,1-2H3,(H,29,32). The van der Waals surface area contributed by atoms with E-state index < -0.39 is 0 Å². The summed E-state index contributed by atoms with van der Waals surface area (Å²) in [5, 5.41) is 3.87. The lowest BCUT2D eigenvalue weighted by Crippen LogP contribution is -2.34. The van der Waals surface area contributed by atoms with Crippen LogP contribution in [0.3, 0.4) is 0 Å². The Labute approximate surface area is 195 Å². The average Bonchev–Trinajstić information content (AvgIpc) is 2.80. The van der Waals surface area contributed by atoms with E-state index in [2.05, 4.69) is 41.4 Å². The van der Waals surface area contributed by atoms with Gasteiger partial charge in [0.25, 0.3) is 5.91 Å². The first-order valence-electron chi connectivity index (χ1n) is 11.3. The van der Waals surface area contributed by atoms with Gasteiger partial charge in [0.1, 0.15) is 0 Å². The maximum atomic E-state index is 13.1. The summed E-state index contributed by atoms with van der Waals surface area (Å²) in [6.45, 7) is 7.50. The zero-order chi connectivity index (χ0) is 22.5. The highest BCUT2D eigenvalue weighted by Crippen LogP contribution is 2.30. The summed E-state index contributed by atoms with van der Waals surface area (Å²) >= 11 is 6.01. The molecule has 5 heteroatoms. The zero-order valence-electron chi connectivity index (χ0n) is 18.8. The van der Waals surface area contributed by atoms with Crippen molar-refractivity contribution < 1.29 is 4.79 Å². The van der Waals surface area contributed by atoms with Crippen molar-refractivity contribution in [1.29, 1.82) is 0 Å². The van der Waals surface area contributed by atoms with Crippen LogP contribution in [0.15, 0.2) is 60.7 Å². The van der Waals surface area contributed by atoms with E-state index in [9.17, 15) is 4.79 Å². The van der Waals surface area contributed by atoms with Crippen molar-refractivity contribution in [3.8, 4) is 0 Å². The highest BCUT2D eigenvalue weighted by Gasteiger charge is 2.26. The van der Waals surface area contributed by atoms with Crippen LogP contribution in [0.1, 0.15) is 57.2 Å². The molecular formula is C27H30ClN3O. The molecule has 1 amide bonds. The molecule has 3 aromatic rings. The molecule has 1 fully saturated rings. The average molecular weight is 448 g/mol. The molecule has 0 spiro atoms. The monoisotopic (exact) mass is 447 g/mol. The number of nitrogens with one attached hydrogen (secondary N) is 1. The Morgan fingerprint density at radius 1 is 1.03 bits per heavy atom. The van der Waals surface area contributed by atoms with Gasteiger partial charge in [0.05, 0.1) is 11.3 Å². The maximum Gasteiger partial charge on any atom is 0.253 e. The third-order valence-electron chi connectivity index (χ3n) is 6.30. The van der Waals surface area contributed by atoms with E-state index in [-0.39, 0.29) is 5.91 Å². The second-order valence-electron chi connectivity index (χ2n) is 8.67. The van der Waals surface area contributed by atoms with Crippen molar-refractivity contribution in [2.24, 2.45) is 0 Å². The Balaban J connectivity index is 1.41. The lowest BCUT2D eigenvalue weighted by Gasteiger charge is -2.32. The van der Waals surface area contributed by atoms with E-state index in [4.69, 9.17) is 16.6 Å². The van der Waals surface area contributed by atoms with Crippen molar-refractivity contribution in [3.63, 3.8) is 0 Å². The number of pyridine rings is 1. The summed E-state index contributed by atoms with van der Waals surface area (Å²) < 4.78 is 0. The minimum Gasteiger partial charge on any atom is -0.348 e. The van der Waals surface area contributed by atoms with Gasteiger partial charge in [-0.2, -0.15) is 0 Å². The minimum absolute atomic E-state index is 0.0423. The van der Waals surface area contributed by atoms with E-state index in [1.165, 1.54) is 11.1 Å². The molecule has 0 unspecified atom stereocenters. The molecule has 0 saturated carbocycles. The van der Waals surface area contributed by atoms with E-state index >= 15 is 0 Å². The Kier molecular flexibility index (Phi) is 7.23. The number of nitrogens with zero attached hydrogens (tertiary/aromatic N) is 2. The quantitative estimate of drug-likeness (QED) is 0.530. The highest BCUT2D eigenvalue weighted by atomic mass is 35.5. The summed E-state index contributed by atoms with van der Waals surface area (Å²) in [6.07, 6.45) is 2.00. The number of piperidine rings is 1. The molecule has 1 saturated heterocycles. The fourth-order valence-electron chi connectivity index (χ4n) is 4.37. The maximum absolute atomic E-state index is 13.1. The van der Waals surface area contributed by atoms with Crippen LogP contribution in [0.5, 0.6) is 0 Å². The van der Waals surface area contributed by atoms with E-state index in [1.54, 1.807) is 0 Å². The molecule has 4 rings (SSSR count). The van der Waals surface area contributed by atoms with Crippen LogP contribution in [0.2, 0.25) is 5.02 Å². The second-order valence-corrected chi connectivity index (χ2v) is 9.11. The number of rotatable bonds is 6. The number of hydrogen-bond donors (Lipinski definition) is 1. The second kappa shape index (κ2) is 10.3. The third-order valence-corrected chi connectivity index (χ3v) is 6.55. The normalized spacial score (nSPS) is 15.0. The van der Waals surface area contributed by atoms with Gasteiger partial charge in [-0.25, -0.2) is 0 Å². The molecule has 2 aromatic carbocycles. The molecule has 4 nitrogen and oxygen atoms in total. The third kappa shape index (κ3) is 5.56. The number of hydrogen-bond acceptors (Lipinski definition) is 3. The highest BCUT2D eigenvalue weighted by molar-refractivity contribution is 6.30. The topological polar surface area (TPSA) is 45.2 Å². The van der Waals surface area contributed by atoms with Crippen LogP contribution in [-0.2, 0) is 13.1 Å². The smallest absolute Gasteiger partial charge is 0.253 e. The summed E-state index contributed by atoms with van der Waals surface area (Å²) in [6, 6.07) is 20.1. The fourth-order valence-corrected chi connectivity index (χ4v) is 4.50. The number of carbonyl (C=O) groups excluding carboxylic acids is 1.